The van der Waals surface area contributed by atoms with E-state index in [4.69, 9.17) is 17.0 Å². The molecular weight excluding hydrogens is 268 g/mol. The molecule has 1 aromatic carbocycles. The molecule has 1 aliphatic heterocycles. The molecule has 0 bridgehead atoms. The van der Waals surface area contributed by atoms with Gasteiger partial charge in [-0.1, -0.05) is 26.0 Å². The molecule has 0 radical (unpaired) electrons. The highest BCUT2D eigenvalue weighted by Crippen LogP contribution is 2.18. The molecule has 0 spiro atoms. The van der Waals surface area contributed by atoms with E-state index in [1.165, 1.54) is 5.56 Å². The molecule has 2 atom stereocenters. The Hall–Kier alpha value is -1.13. The van der Waals surface area contributed by atoms with Gasteiger partial charge < -0.3 is 15.0 Å². The minimum Gasteiger partial charge on any atom is -0.372 e. The van der Waals surface area contributed by atoms with Crippen molar-refractivity contribution >= 4 is 23.0 Å². The summed E-state index contributed by atoms with van der Waals surface area (Å²) in [6.45, 7) is 10.3. The zero-order chi connectivity index (χ0) is 14.7. The lowest BCUT2D eigenvalue weighted by molar-refractivity contribution is -0.0473. The minimum absolute atomic E-state index is 0.224. The quantitative estimate of drug-likeness (QED) is 0.842. The molecule has 2 rings (SSSR count). The lowest BCUT2D eigenvalue weighted by atomic mass is 10.0. The number of benzene rings is 1. The summed E-state index contributed by atoms with van der Waals surface area (Å²) in [4.78, 5) is 2.19. The summed E-state index contributed by atoms with van der Waals surface area (Å²) in [7, 11) is 0. The van der Waals surface area contributed by atoms with Crippen molar-refractivity contribution in [3.8, 4) is 0 Å². The minimum atomic E-state index is 0.224. The van der Waals surface area contributed by atoms with E-state index in [9.17, 15) is 0 Å². The first-order valence-corrected chi connectivity index (χ1v) is 7.68. The summed E-state index contributed by atoms with van der Waals surface area (Å²) < 4.78 is 5.73. The van der Waals surface area contributed by atoms with Crippen LogP contribution in [0, 0.1) is 0 Å². The highest BCUT2D eigenvalue weighted by atomic mass is 32.1. The van der Waals surface area contributed by atoms with Gasteiger partial charge in [0, 0.05) is 18.8 Å². The Morgan fingerprint density at radius 3 is 2.25 bits per heavy atom. The van der Waals surface area contributed by atoms with Crippen molar-refractivity contribution in [3.05, 3.63) is 29.8 Å². The average molecular weight is 292 g/mol. The first-order valence-electron chi connectivity index (χ1n) is 7.27. The molecule has 1 aliphatic rings. The second-order valence-electron chi connectivity index (χ2n) is 5.87. The van der Waals surface area contributed by atoms with E-state index >= 15 is 0 Å². The molecule has 4 heteroatoms. The van der Waals surface area contributed by atoms with Gasteiger partial charge in [0.1, 0.15) is 0 Å². The molecule has 110 valence electrons. The van der Waals surface area contributed by atoms with E-state index in [1.54, 1.807) is 0 Å². The van der Waals surface area contributed by atoms with Crippen LogP contribution in [0.25, 0.3) is 0 Å². The molecule has 0 amide bonds. The molecule has 0 aromatic heterocycles. The third kappa shape index (κ3) is 3.93. The molecule has 1 fully saturated rings. The van der Waals surface area contributed by atoms with E-state index in [0.717, 1.165) is 23.9 Å². The van der Waals surface area contributed by atoms with E-state index in [1.807, 2.05) is 0 Å². The van der Waals surface area contributed by atoms with Crippen LogP contribution in [0.15, 0.2) is 24.3 Å². The van der Waals surface area contributed by atoms with Gasteiger partial charge >= 0.3 is 0 Å². The summed E-state index contributed by atoms with van der Waals surface area (Å²) in [5, 5.41) is 4.10. The fraction of sp³-hybridized carbons (Fsp3) is 0.562. The number of hydrogen-bond donors (Lipinski definition) is 1. The van der Waals surface area contributed by atoms with Crippen LogP contribution in [0.4, 0.5) is 5.69 Å². The molecule has 1 saturated heterocycles. The lowest BCUT2D eigenvalue weighted by Gasteiger charge is -2.36. The van der Waals surface area contributed by atoms with E-state index in [0.29, 0.717) is 5.92 Å². The predicted molar refractivity (Wildman–Crippen MR) is 88.3 cm³/mol. The fourth-order valence-electron chi connectivity index (χ4n) is 2.50. The fourth-order valence-corrected chi connectivity index (χ4v) is 2.76. The molecule has 20 heavy (non-hydrogen) atoms. The van der Waals surface area contributed by atoms with Gasteiger partial charge in [-0.3, -0.25) is 0 Å². The Bertz CT molecular complexity index is 448. The van der Waals surface area contributed by atoms with Gasteiger partial charge in [-0.05, 0) is 49.7 Å². The van der Waals surface area contributed by atoms with E-state index < -0.39 is 0 Å². The second kappa shape index (κ2) is 6.55. The van der Waals surface area contributed by atoms with Crippen LogP contribution in [0.3, 0.4) is 0 Å². The number of thiocarbonyl (C=S) groups is 1. The van der Waals surface area contributed by atoms with Crippen LogP contribution >= 0.6 is 12.2 Å². The van der Waals surface area contributed by atoms with Crippen LogP contribution in [0.1, 0.15) is 39.2 Å². The van der Waals surface area contributed by atoms with Crippen molar-refractivity contribution in [2.45, 2.75) is 45.8 Å². The van der Waals surface area contributed by atoms with Gasteiger partial charge in [-0.25, -0.2) is 0 Å². The first kappa shape index (κ1) is 15.3. The zero-order valence-electron chi connectivity index (χ0n) is 12.7. The molecule has 0 aliphatic carbocycles. The third-order valence-corrected chi connectivity index (χ3v) is 3.90. The van der Waals surface area contributed by atoms with Crippen LogP contribution in [-0.2, 0) is 4.74 Å². The Kier molecular flexibility index (Phi) is 5.00. The summed E-state index contributed by atoms with van der Waals surface area (Å²) in [5.74, 6) is 0.553. The summed E-state index contributed by atoms with van der Waals surface area (Å²) >= 11 is 5.51. The van der Waals surface area contributed by atoms with Crippen LogP contribution in [0.5, 0.6) is 0 Å². The van der Waals surface area contributed by atoms with E-state index in [-0.39, 0.29) is 12.2 Å². The van der Waals surface area contributed by atoms with Gasteiger partial charge in [-0.15, -0.1) is 0 Å². The van der Waals surface area contributed by atoms with Crippen molar-refractivity contribution in [2.24, 2.45) is 0 Å². The van der Waals surface area contributed by atoms with Gasteiger partial charge in [0.25, 0.3) is 0 Å². The Morgan fingerprint density at radius 2 is 1.75 bits per heavy atom. The molecular formula is C16H24N2OS. The Balaban J connectivity index is 1.97. The summed E-state index contributed by atoms with van der Waals surface area (Å²) in [5.41, 5.74) is 2.39. The van der Waals surface area contributed by atoms with Crippen LogP contribution in [-0.4, -0.2) is 35.3 Å². The number of hydrogen-bond acceptors (Lipinski definition) is 2. The summed E-state index contributed by atoms with van der Waals surface area (Å²) in [6, 6.07) is 8.49. The maximum atomic E-state index is 5.73. The van der Waals surface area contributed by atoms with Crippen molar-refractivity contribution in [3.63, 3.8) is 0 Å². The largest absolute Gasteiger partial charge is 0.372 e. The highest BCUT2D eigenvalue weighted by molar-refractivity contribution is 7.80. The number of rotatable bonds is 2. The van der Waals surface area contributed by atoms with Crippen molar-refractivity contribution in [1.29, 1.82) is 0 Å². The van der Waals surface area contributed by atoms with E-state index in [2.05, 4.69) is 62.2 Å². The number of nitrogens with zero attached hydrogens (tertiary/aromatic N) is 1. The van der Waals surface area contributed by atoms with Crippen molar-refractivity contribution < 1.29 is 4.74 Å². The second-order valence-corrected chi connectivity index (χ2v) is 6.26. The van der Waals surface area contributed by atoms with Crippen molar-refractivity contribution in [2.75, 3.05) is 18.4 Å². The molecule has 3 nitrogen and oxygen atoms in total. The SMILES string of the molecule is CC(C)c1ccc(NC(=S)N2C[C@@H](C)O[C@H](C)C2)cc1. The third-order valence-electron chi connectivity index (χ3n) is 3.54. The topological polar surface area (TPSA) is 24.5 Å². The van der Waals surface area contributed by atoms with Gasteiger partial charge in [0.2, 0.25) is 0 Å². The molecule has 0 saturated carbocycles. The van der Waals surface area contributed by atoms with Crippen LogP contribution < -0.4 is 5.32 Å². The maximum absolute atomic E-state index is 5.73. The molecule has 1 N–H and O–H groups in total. The Morgan fingerprint density at radius 1 is 1.20 bits per heavy atom. The zero-order valence-corrected chi connectivity index (χ0v) is 13.5. The average Bonchev–Trinajstić information content (AvgIpc) is 2.38. The van der Waals surface area contributed by atoms with Crippen molar-refractivity contribution in [1.82, 2.24) is 4.90 Å². The number of morpholine rings is 1. The summed E-state index contributed by atoms with van der Waals surface area (Å²) in [6.07, 6.45) is 0.448. The molecule has 1 aromatic rings. The normalized spacial score (nSPS) is 22.9. The first-order chi connectivity index (χ1) is 9.45. The lowest BCUT2D eigenvalue weighted by Crippen LogP contribution is -2.49. The predicted octanol–water partition coefficient (Wildman–Crippen LogP) is 3.62. The van der Waals surface area contributed by atoms with Crippen LogP contribution in [0.2, 0.25) is 0 Å². The number of anilines is 1. The highest BCUT2D eigenvalue weighted by Gasteiger charge is 2.23. The van der Waals surface area contributed by atoms with Gasteiger partial charge in [0.15, 0.2) is 5.11 Å². The van der Waals surface area contributed by atoms with Gasteiger partial charge in [0.05, 0.1) is 12.2 Å². The standard InChI is InChI=1S/C16H24N2OS/c1-11(2)14-5-7-15(8-6-14)17-16(20)18-9-12(3)19-13(4)10-18/h5-8,11-13H,9-10H2,1-4H3,(H,17,20)/t12-,13-/m1/s1. The van der Waals surface area contributed by atoms with Gasteiger partial charge in [-0.2, -0.15) is 0 Å². The maximum Gasteiger partial charge on any atom is 0.173 e. The Labute approximate surface area is 127 Å². The number of nitrogens with one attached hydrogen (secondary N) is 1. The molecule has 0 unspecified atom stereocenters. The molecule has 1 heterocycles. The monoisotopic (exact) mass is 292 g/mol. The number of ether oxygens (including phenoxy) is 1. The smallest absolute Gasteiger partial charge is 0.173 e.